The Kier molecular flexibility index (Phi) is 3.69. The highest BCUT2D eigenvalue weighted by Crippen LogP contribution is 2.35. The van der Waals surface area contributed by atoms with Crippen molar-refractivity contribution in [3.8, 4) is 5.75 Å². The monoisotopic (exact) mass is 334 g/mol. The molecule has 0 N–H and O–H groups in total. The third kappa shape index (κ3) is 2.61. The van der Waals surface area contributed by atoms with Gasteiger partial charge in [0.05, 0.1) is 22.1 Å². The van der Waals surface area contributed by atoms with E-state index in [1.807, 2.05) is 0 Å². The number of nitro groups is 1. The van der Waals surface area contributed by atoms with E-state index >= 15 is 0 Å². The topological polar surface area (TPSA) is 89.8 Å². The lowest BCUT2D eigenvalue weighted by molar-refractivity contribution is -0.385. The summed E-state index contributed by atoms with van der Waals surface area (Å²) in [6.45, 7) is 1.95. The quantitative estimate of drug-likeness (QED) is 0.635. The molecule has 0 bridgehead atoms. The standard InChI is InChI=1S/C15H14N2O5S/c1-11-6-7-12(10-14(11)17(18)19)23(20,21)16-8-9-22-15-5-3-2-4-13(15)16/h2-7,10H,8-9H2,1H3. The molecule has 7 nitrogen and oxygen atoms in total. The van der Waals surface area contributed by atoms with Crippen LogP contribution in [0.3, 0.4) is 0 Å². The number of fused-ring (bicyclic) bond motifs is 1. The zero-order valence-electron chi connectivity index (χ0n) is 12.3. The lowest BCUT2D eigenvalue weighted by atomic mass is 10.2. The molecular formula is C15H14N2O5S. The molecule has 0 saturated heterocycles. The third-order valence-corrected chi connectivity index (χ3v) is 5.46. The molecule has 0 radical (unpaired) electrons. The summed E-state index contributed by atoms with van der Waals surface area (Å²) in [6.07, 6.45) is 0. The van der Waals surface area contributed by atoms with Gasteiger partial charge in [0.15, 0.2) is 0 Å². The van der Waals surface area contributed by atoms with Crippen molar-refractivity contribution in [2.24, 2.45) is 0 Å². The SMILES string of the molecule is Cc1ccc(S(=O)(=O)N2CCOc3ccccc32)cc1[N+](=O)[O-]. The molecule has 1 aliphatic heterocycles. The summed E-state index contributed by atoms with van der Waals surface area (Å²) in [5.41, 5.74) is 0.630. The van der Waals surface area contributed by atoms with Crippen LogP contribution in [0.15, 0.2) is 47.4 Å². The van der Waals surface area contributed by atoms with Gasteiger partial charge < -0.3 is 4.74 Å². The van der Waals surface area contributed by atoms with Crippen molar-refractivity contribution in [1.29, 1.82) is 0 Å². The number of aryl methyl sites for hydroxylation is 1. The van der Waals surface area contributed by atoms with E-state index in [4.69, 9.17) is 4.74 Å². The van der Waals surface area contributed by atoms with Gasteiger partial charge in [-0.25, -0.2) is 8.42 Å². The first kappa shape index (κ1) is 15.3. The predicted molar refractivity (Wildman–Crippen MR) is 84.3 cm³/mol. The molecule has 0 aliphatic carbocycles. The molecule has 0 fully saturated rings. The maximum atomic E-state index is 12.9. The Hall–Kier alpha value is -2.61. The van der Waals surface area contributed by atoms with Gasteiger partial charge in [0.1, 0.15) is 12.4 Å². The zero-order chi connectivity index (χ0) is 16.6. The van der Waals surface area contributed by atoms with E-state index in [-0.39, 0.29) is 23.7 Å². The second kappa shape index (κ2) is 5.54. The van der Waals surface area contributed by atoms with E-state index in [9.17, 15) is 18.5 Å². The van der Waals surface area contributed by atoms with Gasteiger partial charge in [-0.1, -0.05) is 18.2 Å². The summed E-state index contributed by atoms with van der Waals surface area (Å²) in [4.78, 5) is 10.4. The molecule has 23 heavy (non-hydrogen) atoms. The minimum absolute atomic E-state index is 0.105. The molecule has 1 heterocycles. The van der Waals surface area contributed by atoms with Crippen molar-refractivity contribution in [1.82, 2.24) is 0 Å². The van der Waals surface area contributed by atoms with Crippen molar-refractivity contribution in [3.05, 3.63) is 58.1 Å². The van der Waals surface area contributed by atoms with Crippen LogP contribution < -0.4 is 9.04 Å². The highest BCUT2D eigenvalue weighted by molar-refractivity contribution is 7.92. The molecule has 8 heteroatoms. The summed E-state index contributed by atoms with van der Waals surface area (Å²) in [7, 11) is -3.90. The Labute approximate surface area is 133 Å². The molecule has 2 aromatic carbocycles. The lowest BCUT2D eigenvalue weighted by Crippen LogP contribution is -2.37. The Morgan fingerprint density at radius 2 is 1.96 bits per heavy atom. The summed E-state index contributed by atoms with van der Waals surface area (Å²) < 4.78 is 32.4. The summed E-state index contributed by atoms with van der Waals surface area (Å²) in [6, 6.07) is 10.7. The van der Waals surface area contributed by atoms with E-state index in [1.165, 1.54) is 16.4 Å². The maximum Gasteiger partial charge on any atom is 0.273 e. The fourth-order valence-corrected chi connectivity index (χ4v) is 3.95. The van der Waals surface area contributed by atoms with E-state index in [0.29, 0.717) is 17.0 Å². The fourth-order valence-electron chi connectivity index (χ4n) is 2.47. The number of sulfonamides is 1. The summed E-state index contributed by atoms with van der Waals surface area (Å²) >= 11 is 0. The summed E-state index contributed by atoms with van der Waals surface area (Å²) in [5, 5.41) is 11.1. The number of rotatable bonds is 3. The van der Waals surface area contributed by atoms with Gasteiger partial charge in [0.25, 0.3) is 15.7 Å². The van der Waals surface area contributed by atoms with Gasteiger partial charge in [-0.15, -0.1) is 0 Å². The first-order valence-corrected chi connectivity index (χ1v) is 8.35. The van der Waals surface area contributed by atoms with Crippen molar-refractivity contribution in [3.63, 3.8) is 0 Å². The molecule has 1 aliphatic rings. The molecule has 0 aromatic heterocycles. The number of nitrogens with zero attached hydrogens (tertiary/aromatic N) is 2. The maximum absolute atomic E-state index is 12.9. The highest BCUT2D eigenvalue weighted by atomic mass is 32.2. The largest absolute Gasteiger partial charge is 0.489 e. The van der Waals surface area contributed by atoms with Crippen LogP contribution in [-0.2, 0) is 10.0 Å². The average molecular weight is 334 g/mol. The Bertz CT molecular complexity index is 879. The number of benzene rings is 2. The minimum Gasteiger partial charge on any atom is -0.489 e. The molecular weight excluding hydrogens is 320 g/mol. The van der Waals surface area contributed by atoms with Crippen LogP contribution >= 0.6 is 0 Å². The van der Waals surface area contributed by atoms with Crippen molar-refractivity contribution < 1.29 is 18.1 Å². The normalized spacial score (nSPS) is 14.0. The molecule has 0 amide bonds. The number of ether oxygens (including phenoxy) is 1. The van der Waals surface area contributed by atoms with Crippen LogP contribution in [0, 0.1) is 17.0 Å². The Morgan fingerprint density at radius 1 is 1.22 bits per heavy atom. The molecule has 0 unspecified atom stereocenters. The van der Waals surface area contributed by atoms with Gasteiger partial charge in [-0.2, -0.15) is 0 Å². The fraction of sp³-hybridized carbons (Fsp3) is 0.200. The Balaban J connectivity index is 2.10. The van der Waals surface area contributed by atoms with Crippen molar-refractivity contribution >= 4 is 21.4 Å². The van der Waals surface area contributed by atoms with E-state index in [1.54, 1.807) is 31.2 Å². The summed E-state index contributed by atoms with van der Waals surface area (Å²) in [5.74, 6) is 0.476. The van der Waals surface area contributed by atoms with Gasteiger partial charge in [-0.05, 0) is 25.1 Å². The third-order valence-electron chi connectivity index (χ3n) is 3.65. The van der Waals surface area contributed by atoms with Gasteiger partial charge in [0.2, 0.25) is 0 Å². The number of hydrogen-bond donors (Lipinski definition) is 0. The van der Waals surface area contributed by atoms with Gasteiger partial charge in [0, 0.05) is 11.6 Å². The molecule has 0 atom stereocenters. The van der Waals surface area contributed by atoms with E-state index < -0.39 is 14.9 Å². The number of anilines is 1. The van der Waals surface area contributed by atoms with Crippen LogP contribution in [0.1, 0.15) is 5.56 Å². The Morgan fingerprint density at radius 3 is 2.70 bits per heavy atom. The van der Waals surface area contributed by atoms with Crippen LogP contribution in [0.4, 0.5) is 11.4 Å². The molecule has 2 aromatic rings. The molecule has 0 saturated carbocycles. The second-order valence-corrected chi connectivity index (χ2v) is 6.96. The lowest BCUT2D eigenvalue weighted by Gasteiger charge is -2.30. The average Bonchev–Trinajstić information content (AvgIpc) is 2.54. The molecule has 3 rings (SSSR count). The second-order valence-electron chi connectivity index (χ2n) is 5.10. The number of nitro benzene ring substituents is 1. The van der Waals surface area contributed by atoms with E-state index in [2.05, 4.69) is 0 Å². The van der Waals surface area contributed by atoms with Crippen LogP contribution in [-0.4, -0.2) is 26.5 Å². The minimum atomic E-state index is -3.90. The first-order chi connectivity index (χ1) is 10.9. The molecule has 0 spiro atoms. The van der Waals surface area contributed by atoms with Crippen molar-refractivity contribution in [2.45, 2.75) is 11.8 Å². The van der Waals surface area contributed by atoms with Gasteiger partial charge >= 0.3 is 0 Å². The van der Waals surface area contributed by atoms with Crippen molar-refractivity contribution in [2.75, 3.05) is 17.5 Å². The van der Waals surface area contributed by atoms with Crippen LogP contribution in [0.25, 0.3) is 0 Å². The first-order valence-electron chi connectivity index (χ1n) is 6.91. The van der Waals surface area contributed by atoms with E-state index in [0.717, 1.165) is 6.07 Å². The zero-order valence-corrected chi connectivity index (χ0v) is 13.1. The smallest absolute Gasteiger partial charge is 0.273 e. The number of hydrogen-bond acceptors (Lipinski definition) is 5. The predicted octanol–water partition coefficient (Wildman–Crippen LogP) is 2.49. The number of para-hydroxylation sites is 2. The highest BCUT2D eigenvalue weighted by Gasteiger charge is 2.31. The van der Waals surface area contributed by atoms with Gasteiger partial charge in [-0.3, -0.25) is 14.4 Å². The van der Waals surface area contributed by atoms with Crippen LogP contribution in [0.5, 0.6) is 5.75 Å². The molecule has 120 valence electrons. The van der Waals surface area contributed by atoms with Crippen LogP contribution in [0.2, 0.25) is 0 Å².